The fraction of sp³-hybridized carbons (Fsp3) is 0.471. The molecule has 44 heavy (non-hydrogen) atoms. The van der Waals surface area contributed by atoms with Gasteiger partial charge in [-0.2, -0.15) is 0 Å². The number of nitrogens with two attached hydrogens (primary N) is 2. The summed E-state index contributed by atoms with van der Waals surface area (Å²) in [5, 5.41) is 1.96. The number of rotatable bonds is 10. The molecule has 0 spiro atoms. The molecular formula is C34H42N4O6. The molecule has 0 radical (unpaired) electrons. The first-order valence-electron chi connectivity index (χ1n) is 15.8. The maximum atomic E-state index is 13.1. The van der Waals surface area contributed by atoms with Crippen molar-refractivity contribution in [2.24, 2.45) is 11.5 Å². The van der Waals surface area contributed by atoms with E-state index in [1.54, 1.807) is 0 Å². The molecule has 10 heteroatoms. The van der Waals surface area contributed by atoms with E-state index >= 15 is 0 Å². The van der Waals surface area contributed by atoms with Gasteiger partial charge in [0.05, 0.1) is 24.6 Å². The fourth-order valence-corrected chi connectivity index (χ4v) is 6.38. The third kappa shape index (κ3) is 6.14. The Morgan fingerprint density at radius 3 is 1.57 bits per heavy atom. The van der Waals surface area contributed by atoms with Crippen LogP contribution in [0.1, 0.15) is 87.1 Å². The average molecular weight is 603 g/mol. The van der Waals surface area contributed by atoms with Crippen molar-refractivity contribution < 1.29 is 28.5 Å². The second-order valence-corrected chi connectivity index (χ2v) is 12.0. The summed E-state index contributed by atoms with van der Waals surface area (Å²) in [7, 11) is 0. The van der Waals surface area contributed by atoms with E-state index < -0.39 is 24.1 Å². The number of benzene rings is 2. The molecule has 4 unspecified atom stereocenters. The van der Waals surface area contributed by atoms with E-state index in [2.05, 4.69) is 23.8 Å². The number of aromatic nitrogens is 2. The molecule has 0 amide bonds. The molecule has 6 N–H and O–H groups in total. The molecule has 234 valence electrons. The molecule has 2 aromatic heterocycles. The summed E-state index contributed by atoms with van der Waals surface area (Å²) in [4.78, 5) is 33.0. The zero-order chi connectivity index (χ0) is 30.8. The molecule has 2 aliphatic carbocycles. The number of nitrogens with one attached hydrogen (secondary N) is 2. The number of aromatic amines is 2. The summed E-state index contributed by atoms with van der Waals surface area (Å²) in [5.41, 5.74) is 18.1. The molecule has 2 aromatic carbocycles. The van der Waals surface area contributed by atoms with Gasteiger partial charge in [-0.15, -0.1) is 0 Å². The quantitative estimate of drug-likeness (QED) is 0.107. The highest BCUT2D eigenvalue weighted by molar-refractivity contribution is 6.29. The molecule has 2 aliphatic rings. The Hall–Kier alpha value is -4.02. The molecule has 0 aliphatic heterocycles. The Morgan fingerprint density at radius 1 is 0.727 bits per heavy atom. The number of hydrogen-bond acceptors (Lipinski definition) is 8. The average Bonchev–Trinajstić information content (AvgIpc) is 3.55. The van der Waals surface area contributed by atoms with Gasteiger partial charge in [0.1, 0.15) is 23.7 Å². The molecule has 0 saturated heterocycles. The maximum absolute atomic E-state index is 13.1. The van der Waals surface area contributed by atoms with E-state index in [1.165, 1.54) is 0 Å². The van der Waals surface area contributed by atoms with E-state index in [-0.39, 0.29) is 12.1 Å². The van der Waals surface area contributed by atoms with Crippen LogP contribution in [0.2, 0.25) is 0 Å². The normalized spacial score (nSPS) is 21.1. The standard InChI is InChI=1S/C34H42N4O6/c1-3-5-11-41-21-7-9-27-23(17-21)25-13-19(35)15-29(31(25)37-27)43-33(39)34(40)44-30-16-20(36)14-26-24-18-22(42-12-6-4-2)8-10-28(24)38-32(26)30/h7-10,17-20,29-30,37-38H,3-6,11-16,35-36H2,1-2H3. The van der Waals surface area contributed by atoms with Gasteiger partial charge in [0.15, 0.2) is 0 Å². The minimum Gasteiger partial charge on any atom is -0.494 e. The zero-order valence-corrected chi connectivity index (χ0v) is 25.4. The molecule has 4 atom stereocenters. The Labute approximate surface area is 256 Å². The predicted octanol–water partition coefficient (Wildman–Crippen LogP) is 5.42. The highest BCUT2D eigenvalue weighted by atomic mass is 16.6. The molecular weight excluding hydrogens is 560 g/mol. The van der Waals surface area contributed by atoms with Crippen molar-refractivity contribution in [1.29, 1.82) is 0 Å². The second-order valence-electron chi connectivity index (χ2n) is 12.0. The third-order valence-electron chi connectivity index (χ3n) is 8.63. The molecule has 2 heterocycles. The SMILES string of the molecule is CCCCOc1ccc2[nH]c3c(c2c1)CC(N)CC3OC(=O)C(=O)OC1CC(N)Cc2c1[nH]c1ccc(OCCCC)cc21. The van der Waals surface area contributed by atoms with Crippen molar-refractivity contribution in [1.82, 2.24) is 9.97 Å². The summed E-state index contributed by atoms with van der Waals surface area (Å²) in [6, 6.07) is 11.3. The lowest BCUT2D eigenvalue weighted by molar-refractivity contribution is -0.175. The Morgan fingerprint density at radius 2 is 1.16 bits per heavy atom. The van der Waals surface area contributed by atoms with Crippen LogP contribution in [0, 0.1) is 0 Å². The topological polar surface area (TPSA) is 155 Å². The van der Waals surface area contributed by atoms with E-state index in [0.717, 1.165) is 81.5 Å². The number of carbonyl (C=O) groups is 2. The Balaban J connectivity index is 1.18. The Kier molecular flexibility index (Phi) is 8.81. The minimum absolute atomic E-state index is 0.235. The fourth-order valence-electron chi connectivity index (χ4n) is 6.38. The zero-order valence-electron chi connectivity index (χ0n) is 25.4. The Bertz CT molecular complexity index is 1540. The first-order valence-corrected chi connectivity index (χ1v) is 15.8. The van der Waals surface area contributed by atoms with Gasteiger partial charge in [0.2, 0.25) is 0 Å². The van der Waals surface area contributed by atoms with Crippen LogP contribution >= 0.6 is 0 Å². The molecule has 10 nitrogen and oxygen atoms in total. The van der Waals surface area contributed by atoms with Crippen molar-refractivity contribution in [2.75, 3.05) is 13.2 Å². The van der Waals surface area contributed by atoms with E-state index in [4.69, 9.17) is 30.4 Å². The number of unbranched alkanes of at least 4 members (excludes halogenated alkanes) is 2. The van der Waals surface area contributed by atoms with Crippen LogP contribution in [0.5, 0.6) is 11.5 Å². The lowest BCUT2D eigenvalue weighted by atomic mass is 9.89. The highest BCUT2D eigenvalue weighted by Gasteiger charge is 2.36. The van der Waals surface area contributed by atoms with Gasteiger partial charge < -0.3 is 40.4 Å². The van der Waals surface area contributed by atoms with Crippen LogP contribution in [0.4, 0.5) is 0 Å². The maximum Gasteiger partial charge on any atom is 0.418 e. The van der Waals surface area contributed by atoms with Gasteiger partial charge in [0.25, 0.3) is 0 Å². The molecule has 0 fully saturated rings. The van der Waals surface area contributed by atoms with Gasteiger partial charge in [-0.25, -0.2) is 9.59 Å². The van der Waals surface area contributed by atoms with Gasteiger partial charge in [-0.3, -0.25) is 0 Å². The molecule has 0 saturated carbocycles. The van der Waals surface area contributed by atoms with Gasteiger partial charge in [0, 0.05) is 46.7 Å². The summed E-state index contributed by atoms with van der Waals surface area (Å²) in [6.45, 7) is 5.54. The van der Waals surface area contributed by atoms with E-state index in [9.17, 15) is 9.59 Å². The first kappa shape index (κ1) is 30.0. The number of ether oxygens (including phenoxy) is 4. The summed E-state index contributed by atoms with van der Waals surface area (Å²) in [5.74, 6) is -0.543. The largest absolute Gasteiger partial charge is 0.494 e. The van der Waals surface area contributed by atoms with Gasteiger partial charge >= 0.3 is 11.9 Å². The van der Waals surface area contributed by atoms with Crippen LogP contribution in [0.3, 0.4) is 0 Å². The van der Waals surface area contributed by atoms with Crippen LogP contribution < -0.4 is 20.9 Å². The number of esters is 2. The van der Waals surface area contributed by atoms with Crippen molar-refractivity contribution in [3.63, 3.8) is 0 Å². The van der Waals surface area contributed by atoms with Crippen LogP contribution in [-0.4, -0.2) is 47.2 Å². The summed E-state index contributed by atoms with van der Waals surface area (Å²) < 4.78 is 23.3. The highest BCUT2D eigenvalue weighted by Crippen LogP contribution is 2.40. The second kappa shape index (κ2) is 12.9. The first-order chi connectivity index (χ1) is 21.3. The molecule has 4 aromatic rings. The minimum atomic E-state index is -1.05. The molecule has 6 rings (SSSR count). The number of hydrogen-bond donors (Lipinski definition) is 4. The lowest BCUT2D eigenvalue weighted by Gasteiger charge is -2.28. The van der Waals surface area contributed by atoms with Crippen molar-refractivity contribution in [3.05, 3.63) is 58.9 Å². The number of H-pyrrole nitrogens is 2. The van der Waals surface area contributed by atoms with Crippen LogP contribution in [-0.2, 0) is 31.9 Å². The number of fused-ring (bicyclic) bond motifs is 6. The number of carbonyl (C=O) groups excluding carboxylic acids is 2. The molecule has 0 bridgehead atoms. The summed E-state index contributed by atoms with van der Waals surface area (Å²) >= 11 is 0. The third-order valence-corrected chi connectivity index (χ3v) is 8.63. The summed E-state index contributed by atoms with van der Waals surface area (Å²) in [6.07, 6.45) is 4.70. The van der Waals surface area contributed by atoms with Crippen molar-refractivity contribution >= 4 is 33.7 Å². The van der Waals surface area contributed by atoms with Gasteiger partial charge in [-0.05, 0) is 73.2 Å². The lowest BCUT2D eigenvalue weighted by Crippen LogP contribution is -2.35. The van der Waals surface area contributed by atoms with E-state index in [1.807, 2.05) is 36.4 Å². The van der Waals surface area contributed by atoms with E-state index in [0.29, 0.717) is 38.9 Å². The monoisotopic (exact) mass is 602 g/mol. The smallest absolute Gasteiger partial charge is 0.418 e. The van der Waals surface area contributed by atoms with Crippen molar-refractivity contribution in [2.45, 2.75) is 89.5 Å². The predicted molar refractivity (Wildman–Crippen MR) is 168 cm³/mol. The van der Waals surface area contributed by atoms with Gasteiger partial charge in [-0.1, -0.05) is 26.7 Å². The van der Waals surface area contributed by atoms with Crippen molar-refractivity contribution in [3.8, 4) is 11.5 Å². The van der Waals surface area contributed by atoms with Crippen LogP contribution in [0.25, 0.3) is 21.8 Å². The van der Waals surface area contributed by atoms with Crippen LogP contribution in [0.15, 0.2) is 36.4 Å².